The maximum Gasteiger partial charge on any atom is 0.265 e. The van der Waals surface area contributed by atoms with E-state index in [9.17, 15) is 18.0 Å². The van der Waals surface area contributed by atoms with Gasteiger partial charge < -0.3 is 29.2 Å². The third-order valence-corrected chi connectivity index (χ3v) is 8.92. The number of hydrogen-bond acceptors (Lipinski definition) is 8. The number of anilines is 1. The minimum Gasteiger partial charge on any atom is -0.497 e. The summed E-state index contributed by atoms with van der Waals surface area (Å²) < 4.78 is 51.4. The highest BCUT2D eigenvalue weighted by Gasteiger charge is 2.35. The van der Waals surface area contributed by atoms with Gasteiger partial charge in [0.05, 0.1) is 39.0 Å². The predicted octanol–water partition coefficient (Wildman–Crippen LogP) is 4.56. The number of carbonyl (C=O) groups is 2. The van der Waals surface area contributed by atoms with E-state index in [1.807, 2.05) is 52.0 Å². The second-order valence-electron chi connectivity index (χ2n) is 10.7. The SMILES string of the molecule is CCC(C(=O)NC(C)C)N(Cc1ccc(C)cc1)C(=O)CN(c1cc(OC)ccc1OC)S(=O)(=O)c1ccc(OC)c(OC)c1. The van der Waals surface area contributed by atoms with Crippen molar-refractivity contribution in [2.45, 2.75) is 57.6 Å². The molecular weight excluding hydrogens is 598 g/mol. The number of aryl methyl sites for hydroxylation is 1. The van der Waals surface area contributed by atoms with E-state index in [2.05, 4.69) is 5.32 Å². The topological polar surface area (TPSA) is 124 Å². The number of ether oxygens (including phenoxy) is 4. The van der Waals surface area contributed by atoms with Crippen molar-refractivity contribution in [1.82, 2.24) is 10.2 Å². The minimum absolute atomic E-state index is 0.0787. The summed E-state index contributed by atoms with van der Waals surface area (Å²) in [5.41, 5.74) is 1.91. The highest BCUT2D eigenvalue weighted by Crippen LogP contribution is 2.38. The van der Waals surface area contributed by atoms with Gasteiger partial charge in [-0.2, -0.15) is 0 Å². The number of sulfonamides is 1. The summed E-state index contributed by atoms with van der Waals surface area (Å²) >= 11 is 0. The van der Waals surface area contributed by atoms with Crippen molar-refractivity contribution in [3.8, 4) is 23.0 Å². The van der Waals surface area contributed by atoms with Crippen molar-refractivity contribution < 1.29 is 37.0 Å². The molecule has 3 aromatic rings. The van der Waals surface area contributed by atoms with Crippen LogP contribution in [0.4, 0.5) is 5.69 Å². The van der Waals surface area contributed by atoms with Gasteiger partial charge in [-0.05, 0) is 57.0 Å². The van der Waals surface area contributed by atoms with Crippen LogP contribution in [-0.2, 0) is 26.2 Å². The number of nitrogens with zero attached hydrogens (tertiary/aromatic N) is 2. The van der Waals surface area contributed by atoms with Gasteiger partial charge in [0.2, 0.25) is 11.8 Å². The predicted molar refractivity (Wildman–Crippen MR) is 173 cm³/mol. The molecule has 0 aromatic heterocycles. The molecule has 0 saturated heterocycles. The fourth-order valence-corrected chi connectivity index (χ4v) is 6.23. The number of hydrogen-bond donors (Lipinski definition) is 1. The number of carbonyl (C=O) groups excluding carboxylic acids is 2. The summed E-state index contributed by atoms with van der Waals surface area (Å²) in [6.45, 7) is 6.88. The van der Waals surface area contributed by atoms with Crippen LogP contribution in [0.3, 0.4) is 0 Å². The largest absolute Gasteiger partial charge is 0.497 e. The lowest BCUT2D eigenvalue weighted by molar-refractivity contribution is -0.140. The van der Waals surface area contributed by atoms with E-state index >= 15 is 0 Å². The van der Waals surface area contributed by atoms with Gasteiger partial charge in [-0.15, -0.1) is 0 Å². The number of benzene rings is 3. The smallest absolute Gasteiger partial charge is 0.265 e. The first-order valence-electron chi connectivity index (χ1n) is 14.5. The van der Waals surface area contributed by atoms with Crippen LogP contribution in [0.2, 0.25) is 0 Å². The Morgan fingerprint density at radius 1 is 0.822 bits per heavy atom. The Morgan fingerprint density at radius 3 is 2.00 bits per heavy atom. The summed E-state index contributed by atoms with van der Waals surface area (Å²) in [7, 11) is 1.27. The zero-order valence-corrected chi connectivity index (χ0v) is 27.9. The lowest BCUT2D eigenvalue weighted by Crippen LogP contribution is -2.53. The molecule has 3 rings (SSSR count). The Balaban J connectivity index is 2.20. The first-order chi connectivity index (χ1) is 21.4. The lowest BCUT2D eigenvalue weighted by atomic mass is 10.1. The summed E-state index contributed by atoms with van der Waals surface area (Å²) in [4.78, 5) is 29.0. The van der Waals surface area contributed by atoms with Crippen LogP contribution in [0.25, 0.3) is 0 Å². The average molecular weight is 642 g/mol. The Morgan fingerprint density at radius 2 is 1.44 bits per heavy atom. The molecule has 0 spiro atoms. The van der Waals surface area contributed by atoms with Crippen LogP contribution < -0.4 is 28.6 Å². The quantitative estimate of drug-likeness (QED) is 0.256. The van der Waals surface area contributed by atoms with Crippen molar-refractivity contribution in [1.29, 1.82) is 0 Å². The molecule has 1 N–H and O–H groups in total. The zero-order valence-electron chi connectivity index (χ0n) is 27.1. The first-order valence-corrected chi connectivity index (χ1v) is 16.0. The molecule has 1 atom stereocenters. The van der Waals surface area contributed by atoms with Crippen LogP contribution in [-0.4, -0.2) is 72.2 Å². The number of rotatable bonds is 15. The van der Waals surface area contributed by atoms with Gasteiger partial charge in [0, 0.05) is 24.7 Å². The lowest BCUT2D eigenvalue weighted by Gasteiger charge is -2.34. The molecule has 12 heteroatoms. The number of nitrogens with one attached hydrogen (secondary N) is 1. The molecule has 0 saturated carbocycles. The second-order valence-corrected chi connectivity index (χ2v) is 12.5. The Hall–Kier alpha value is -4.45. The van der Waals surface area contributed by atoms with Crippen LogP contribution in [0.5, 0.6) is 23.0 Å². The van der Waals surface area contributed by atoms with E-state index in [0.29, 0.717) is 17.9 Å². The number of methoxy groups -OCH3 is 4. The van der Waals surface area contributed by atoms with Crippen molar-refractivity contribution >= 4 is 27.5 Å². The van der Waals surface area contributed by atoms with Gasteiger partial charge >= 0.3 is 0 Å². The van der Waals surface area contributed by atoms with Crippen molar-refractivity contribution in [3.63, 3.8) is 0 Å². The van der Waals surface area contributed by atoms with Gasteiger partial charge in [0.15, 0.2) is 11.5 Å². The highest BCUT2D eigenvalue weighted by molar-refractivity contribution is 7.92. The second kappa shape index (κ2) is 15.5. The van der Waals surface area contributed by atoms with Gasteiger partial charge in [-0.3, -0.25) is 13.9 Å². The molecule has 0 heterocycles. The fourth-order valence-electron chi connectivity index (χ4n) is 4.80. The third-order valence-electron chi connectivity index (χ3n) is 7.17. The molecule has 11 nitrogen and oxygen atoms in total. The fraction of sp³-hybridized carbons (Fsp3) is 0.394. The number of amides is 2. The molecular formula is C33H43N3O8S. The molecule has 0 fully saturated rings. The summed E-state index contributed by atoms with van der Waals surface area (Å²) in [5, 5.41) is 2.89. The zero-order chi connectivity index (χ0) is 33.3. The Bertz CT molecular complexity index is 1580. The molecule has 0 aliphatic carbocycles. The van der Waals surface area contributed by atoms with Gasteiger partial charge in [0.25, 0.3) is 10.0 Å². The van der Waals surface area contributed by atoms with Crippen LogP contribution in [0, 0.1) is 6.92 Å². The van der Waals surface area contributed by atoms with Gasteiger partial charge in [-0.25, -0.2) is 8.42 Å². The molecule has 3 aromatic carbocycles. The molecule has 0 radical (unpaired) electrons. The minimum atomic E-state index is -4.43. The Labute approximate surface area is 266 Å². The van der Waals surface area contributed by atoms with E-state index in [0.717, 1.165) is 15.4 Å². The van der Waals surface area contributed by atoms with Gasteiger partial charge in [0.1, 0.15) is 24.1 Å². The molecule has 2 amide bonds. The van der Waals surface area contributed by atoms with Crippen LogP contribution in [0.1, 0.15) is 38.3 Å². The van der Waals surface area contributed by atoms with E-state index in [-0.39, 0.29) is 40.6 Å². The van der Waals surface area contributed by atoms with Crippen LogP contribution in [0.15, 0.2) is 65.6 Å². The van der Waals surface area contributed by atoms with Crippen LogP contribution >= 0.6 is 0 Å². The third kappa shape index (κ3) is 8.39. The molecule has 244 valence electrons. The Kier molecular flexibility index (Phi) is 12.1. The molecule has 1 unspecified atom stereocenters. The molecule has 0 aliphatic heterocycles. The monoisotopic (exact) mass is 641 g/mol. The molecule has 0 aliphatic rings. The maximum absolute atomic E-state index is 14.4. The summed E-state index contributed by atoms with van der Waals surface area (Å²) in [5.74, 6) is 0.160. The molecule has 45 heavy (non-hydrogen) atoms. The maximum atomic E-state index is 14.4. The van der Waals surface area contributed by atoms with E-state index in [1.54, 1.807) is 12.1 Å². The van der Waals surface area contributed by atoms with Crippen molar-refractivity contribution in [3.05, 3.63) is 71.8 Å². The summed E-state index contributed by atoms with van der Waals surface area (Å²) in [6.07, 6.45) is 0.307. The van der Waals surface area contributed by atoms with Crippen molar-refractivity contribution in [2.75, 3.05) is 39.3 Å². The van der Waals surface area contributed by atoms with E-state index < -0.39 is 28.5 Å². The van der Waals surface area contributed by atoms with E-state index in [1.165, 1.54) is 57.6 Å². The summed E-state index contributed by atoms with van der Waals surface area (Å²) in [6, 6.07) is 15.4. The highest BCUT2D eigenvalue weighted by atomic mass is 32.2. The van der Waals surface area contributed by atoms with Crippen molar-refractivity contribution in [2.24, 2.45) is 0 Å². The first kappa shape index (κ1) is 35.0. The van der Waals surface area contributed by atoms with E-state index in [4.69, 9.17) is 18.9 Å². The van der Waals surface area contributed by atoms with Gasteiger partial charge in [-0.1, -0.05) is 36.8 Å². The molecule has 0 bridgehead atoms. The average Bonchev–Trinajstić information content (AvgIpc) is 3.03. The standard InChI is InChI=1S/C33H43N3O8S/c1-9-27(33(38)34-22(2)3)35(20-24-12-10-23(4)11-13-24)32(37)21-36(28-18-25(41-5)14-16-29(28)42-6)45(39,40)26-15-17-30(43-7)31(19-26)44-8/h10-19,22,27H,9,20-21H2,1-8H3,(H,34,38). The normalized spacial score (nSPS) is 11.8.